The first-order valence-electron chi connectivity index (χ1n) is 5.01. The fraction of sp³-hybridized carbons (Fsp3) is 0.333. The van der Waals surface area contributed by atoms with Gasteiger partial charge >= 0.3 is 6.09 Å². The predicted molar refractivity (Wildman–Crippen MR) is 61.0 cm³/mol. The van der Waals surface area contributed by atoms with E-state index in [9.17, 15) is 9.18 Å². The first-order valence-corrected chi connectivity index (χ1v) is 5.01. The molecular formula is C12H13FN2O2. The molecule has 5 heteroatoms. The molecule has 1 rings (SSSR count). The molecule has 0 saturated heterocycles. The van der Waals surface area contributed by atoms with Crippen LogP contribution < -0.4 is 5.32 Å². The monoisotopic (exact) mass is 236 g/mol. The molecule has 1 N–H and O–H groups in total. The number of carbonyl (C=O) groups is 1. The summed E-state index contributed by atoms with van der Waals surface area (Å²) in [6.45, 7) is 5.14. The predicted octanol–water partition coefficient (Wildman–Crippen LogP) is 3.04. The molecule has 17 heavy (non-hydrogen) atoms. The average Bonchev–Trinajstić information content (AvgIpc) is 2.14. The standard InChI is InChI=1S/C12H13FN2O2/c1-12(2,3)17-11(16)15-10-6-9(13)5-4-8(10)7-14/h4-6H,1-3H3,(H,15,16). The largest absolute Gasteiger partial charge is 0.444 e. The second-order valence-electron chi connectivity index (χ2n) is 4.43. The lowest BCUT2D eigenvalue weighted by Crippen LogP contribution is -2.27. The Bertz CT molecular complexity index is 472. The maximum Gasteiger partial charge on any atom is 0.412 e. The van der Waals surface area contributed by atoms with Crippen molar-refractivity contribution < 1.29 is 13.9 Å². The van der Waals surface area contributed by atoms with Crippen molar-refractivity contribution in [1.29, 1.82) is 5.26 Å². The Morgan fingerprint density at radius 1 is 1.47 bits per heavy atom. The van der Waals surface area contributed by atoms with E-state index in [1.54, 1.807) is 20.8 Å². The number of benzene rings is 1. The minimum atomic E-state index is -0.723. The molecule has 4 nitrogen and oxygen atoms in total. The van der Waals surface area contributed by atoms with Gasteiger partial charge in [0.1, 0.15) is 17.5 Å². The third-order valence-corrected chi connectivity index (χ3v) is 1.74. The van der Waals surface area contributed by atoms with Crippen molar-refractivity contribution in [2.45, 2.75) is 26.4 Å². The van der Waals surface area contributed by atoms with Gasteiger partial charge in [-0.3, -0.25) is 5.32 Å². The molecule has 1 amide bonds. The lowest BCUT2D eigenvalue weighted by atomic mass is 10.2. The molecule has 0 aliphatic rings. The number of halogens is 1. The van der Waals surface area contributed by atoms with Gasteiger partial charge in [0.25, 0.3) is 0 Å². The first-order chi connectivity index (χ1) is 7.81. The molecule has 1 aromatic rings. The van der Waals surface area contributed by atoms with E-state index in [1.807, 2.05) is 6.07 Å². The zero-order valence-electron chi connectivity index (χ0n) is 9.87. The van der Waals surface area contributed by atoms with Gasteiger partial charge in [-0.1, -0.05) is 0 Å². The second-order valence-corrected chi connectivity index (χ2v) is 4.43. The van der Waals surface area contributed by atoms with Gasteiger partial charge in [0.05, 0.1) is 11.3 Å². The molecule has 1 aromatic carbocycles. The van der Waals surface area contributed by atoms with E-state index in [0.29, 0.717) is 0 Å². The third-order valence-electron chi connectivity index (χ3n) is 1.74. The molecule has 0 atom stereocenters. The maximum atomic E-state index is 13.0. The molecule has 0 aliphatic carbocycles. The Morgan fingerprint density at radius 2 is 2.12 bits per heavy atom. The highest BCUT2D eigenvalue weighted by Gasteiger charge is 2.17. The van der Waals surface area contributed by atoms with Crippen LogP contribution in [-0.4, -0.2) is 11.7 Å². The van der Waals surface area contributed by atoms with E-state index in [1.165, 1.54) is 6.07 Å². The number of nitriles is 1. The SMILES string of the molecule is CC(C)(C)OC(=O)Nc1cc(F)ccc1C#N. The Hall–Kier alpha value is -2.09. The molecule has 0 aliphatic heterocycles. The molecular weight excluding hydrogens is 223 g/mol. The van der Waals surface area contributed by atoms with Crippen molar-refractivity contribution in [2.24, 2.45) is 0 Å². The van der Waals surface area contributed by atoms with Crippen LogP contribution in [0.25, 0.3) is 0 Å². The molecule has 0 spiro atoms. The fourth-order valence-electron chi connectivity index (χ4n) is 1.13. The van der Waals surface area contributed by atoms with Crippen LogP contribution in [0.2, 0.25) is 0 Å². The molecule has 0 saturated carbocycles. The van der Waals surface area contributed by atoms with E-state index >= 15 is 0 Å². The van der Waals surface area contributed by atoms with Crippen molar-refractivity contribution in [3.05, 3.63) is 29.6 Å². The zero-order valence-corrected chi connectivity index (χ0v) is 9.87. The summed E-state index contributed by atoms with van der Waals surface area (Å²) in [5.41, 5.74) is -0.372. The Balaban J connectivity index is 2.85. The van der Waals surface area contributed by atoms with Crippen molar-refractivity contribution in [2.75, 3.05) is 5.32 Å². The normalized spacial score (nSPS) is 10.5. The minimum Gasteiger partial charge on any atom is -0.444 e. The van der Waals surface area contributed by atoms with E-state index in [0.717, 1.165) is 12.1 Å². The quantitative estimate of drug-likeness (QED) is 0.815. The van der Waals surface area contributed by atoms with Crippen LogP contribution in [0.4, 0.5) is 14.9 Å². The zero-order chi connectivity index (χ0) is 13.1. The number of carbonyl (C=O) groups excluding carboxylic acids is 1. The number of nitrogens with zero attached hydrogens (tertiary/aromatic N) is 1. The van der Waals surface area contributed by atoms with Crippen molar-refractivity contribution in [1.82, 2.24) is 0 Å². The van der Waals surface area contributed by atoms with Crippen LogP contribution in [-0.2, 0) is 4.74 Å². The van der Waals surface area contributed by atoms with Gasteiger partial charge in [0.2, 0.25) is 0 Å². The van der Waals surface area contributed by atoms with Gasteiger partial charge in [0, 0.05) is 0 Å². The fourth-order valence-corrected chi connectivity index (χ4v) is 1.13. The molecule has 90 valence electrons. The van der Waals surface area contributed by atoms with E-state index in [2.05, 4.69) is 5.32 Å². The molecule has 0 unspecified atom stereocenters. The second kappa shape index (κ2) is 4.83. The summed E-state index contributed by atoms with van der Waals surface area (Å²) in [5, 5.41) is 11.1. The number of hydrogen-bond acceptors (Lipinski definition) is 3. The van der Waals surface area contributed by atoms with Gasteiger partial charge in [-0.2, -0.15) is 5.26 Å². The number of anilines is 1. The van der Waals surface area contributed by atoms with Crippen molar-refractivity contribution in [3.8, 4) is 6.07 Å². The molecule has 0 radical (unpaired) electrons. The highest BCUT2D eigenvalue weighted by molar-refractivity contribution is 5.86. The molecule has 0 bridgehead atoms. The summed E-state index contributed by atoms with van der Waals surface area (Å²) in [4.78, 5) is 11.4. The van der Waals surface area contributed by atoms with Crippen LogP contribution >= 0.6 is 0 Å². The van der Waals surface area contributed by atoms with Crippen LogP contribution in [0.15, 0.2) is 18.2 Å². The topological polar surface area (TPSA) is 62.1 Å². The summed E-state index contributed by atoms with van der Waals surface area (Å²) in [5.74, 6) is -0.532. The van der Waals surface area contributed by atoms with Gasteiger partial charge in [0.15, 0.2) is 0 Å². The van der Waals surface area contributed by atoms with Crippen LogP contribution in [0.3, 0.4) is 0 Å². The average molecular weight is 236 g/mol. The summed E-state index contributed by atoms with van der Waals surface area (Å²) in [6, 6.07) is 5.37. The molecule has 0 heterocycles. The minimum absolute atomic E-state index is 0.0988. The van der Waals surface area contributed by atoms with Crippen LogP contribution in [0, 0.1) is 17.1 Å². The number of hydrogen-bond donors (Lipinski definition) is 1. The molecule has 0 fully saturated rings. The summed E-state index contributed by atoms with van der Waals surface area (Å²) >= 11 is 0. The number of amides is 1. The summed E-state index contributed by atoms with van der Waals surface area (Å²) in [7, 11) is 0. The van der Waals surface area contributed by atoms with Gasteiger partial charge in [-0.05, 0) is 39.0 Å². The molecule has 0 aromatic heterocycles. The summed E-state index contributed by atoms with van der Waals surface area (Å²) < 4.78 is 18.0. The highest BCUT2D eigenvalue weighted by atomic mass is 19.1. The van der Waals surface area contributed by atoms with Crippen molar-refractivity contribution in [3.63, 3.8) is 0 Å². The first kappa shape index (κ1) is 13.0. The van der Waals surface area contributed by atoms with Gasteiger partial charge in [-0.25, -0.2) is 9.18 Å². The van der Waals surface area contributed by atoms with Gasteiger partial charge < -0.3 is 4.74 Å². The smallest absolute Gasteiger partial charge is 0.412 e. The Morgan fingerprint density at radius 3 is 2.65 bits per heavy atom. The lowest BCUT2D eigenvalue weighted by molar-refractivity contribution is 0.0636. The lowest BCUT2D eigenvalue weighted by Gasteiger charge is -2.19. The van der Waals surface area contributed by atoms with Crippen LogP contribution in [0.5, 0.6) is 0 Å². The van der Waals surface area contributed by atoms with Gasteiger partial charge in [-0.15, -0.1) is 0 Å². The number of ether oxygens (including phenoxy) is 1. The van der Waals surface area contributed by atoms with E-state index in [4.69, 9.17) is 10.00 Å². The summed E-state index contributed by atoms with van der Waals surface area (Å²) in [6.07, 6.45) is -0.723. The maximum absolute atomic E-state index is 13.0. The Labute approximate surface area is 99.0 Å². The number of nitrogens with one attached hydrogen (secondary N) is 1. The Kier molecular flexibility index (Phi) is 3.69. The third kappa shape index (κ3) is 4.11. The van der Waals surface area contributed by atoms with Crippen molar-refractivity contribution >= 4 is 11.8 Å². The van der Waals surface area contributed by atoms with Crippen LogP contribution in [0.1, 0.15) is 26.3 Å². The number of rotatable bonds is 1. The highest BCUT2D eigenvalue weighted by Crippen LogP contribution is 2.17. The van der Waals surface area contributed by atoms with E-state index < -0.39 is 17.5 Å². The van der Waals surface area contributed by atoms with E-state index in [-0.39, 0.29) is 11.3 Å².